The van der Waals surface area contributed by atoms with Gasteiger partial charge >= 0.3 is 0 Å². The average Bonchev–Trinajstić information content (AvgIpc) is 2.74. The largest absolute Gasteiger partial charge is 0.244 e. The summed E-state index contributed by atoms with van der Waals surface area (Å²) in [5.41, 5.74) is 5.59. The summed E-state index contributed by atoms with van der Waals surface area (Å²) >= 11 is 0. The van der Waals surface area contributed by atoms with Crippen molar-refractivity contribution in [1.82, 2.24) is 9.97 Å². The van der Waals surface area contributed by atoms with E-state index in [4.69, 9.17) is 9.97 Å². The fraction of sp³-hybridized carbons (Fsp3) is 0.280. The molecule has 27 heavy (non-hydrogen) atoms. The Kier molecular flexibility index (Phi) is 9.74. The van der Waals surface area contributed by atoms with Crippen molar-refractivity contribution in [3.8, 4) is 0 Å². The van der Waals surface area contributed by atoms with Gasteiger partial charge in [0, 0.05) is 5.57 Å². The number of hydrogen-bond acceptors (Lipinski definition) is 2. The minimum absolute atomic E-state index is 0.568. The van der Waals surface area contributed by atoms with Crippen LogP contribution in [0.4, 0.5) is 0 Å². The Morgan fingerprint density at radius 2 is 1.67 bits per heavy atom. The molecule has 0 bridgehead atoms. The van der Waals surface area contributed by atoms with E-state index in [1.807, 2.05) is 58.0 Å². The molecule has 0 saturated heterocycles. The van der Waals surface area contributed by atoms with E-state index in [1.54, 1.807) is 12.2 Å². The van der Waals surface area contributed by atoms with Crippen LogP contribution in [0.2, 0.25) is 0 Å². The smallest absolute Gasteiger partial charge is 0.0972 e. The van der Waals surface area contributed by atoms with Crippen LogP contribution in [0.5, 0.6) is 0 Å². The Morgan fingerprint density at radius 1 is 1.04 bits per heavy atom. The van der Waals surface area contributed by atoms with E-state index in [0.717, 1.165) is 40.0 Å². The molecule has 2 aromatic rings. The van der Waals surface area contributed by atoms with Gasteiger partial charge in [-0.25, -0.2) is 9.97 Å². The second kappa shape index (κ2) is 11.8. The van der Waals surface area contributed by atoms with Crippen LogP contribution >= 0.6 is 0 Å². The van der Waals surface area contributed by atoms with Gasteiger partial charge in [-0.1, -0.05) is 96.4 Å². The summed E-state index contributed by atoms with van der Waals surface area (Å²) in [5, 5.41) is 0. The molecule has 0 saturated carbocycles. The van der Waals surface area contributed by atoms with Crippen molar-refractivity contribution in [3.63, 3.8) is 0 Å². The van der Waals surface area contributed by atoms with Crippen LogP contribution in [0, 0.1) is 5.92 Å². The lowest BCUT2D eigenvalue weighted by molar-refractivity contribution is 0.738. The SMILES string of the molecule is C=C/C=C(\C=C)c1nc2ccccc2nc1C1=CCC(C)C=C1.CC.CC. The molecule has 2 nitrogen and oxygen atoms in total. The molecule has 0 fully saturated rings. The second-order valence-electron chi connectivity index (χ2n) is 5.70. The predicted molar refractivity (Wildman–Crippen MR) is 122 cm³/mol. The van der Waals surface area contributed by atoms with Crippen molar-refractivity contribution in [2.24, 2.45) is 5.92 Å². The van der Waals surface area contributed by atoms with Gasteiger partial charge in [0.25, 0.3) is 0 Å². The number of rotatable bonds is 4. The van der Waals surface area contributed by atoms with Crippen molar-refractivity contribution in [2.45, 2.75) is 41.0 Å². The number of allylic oxidation sites excluding steroid dienone is 8. The maximum atomic E-state index is 4.87. The molecule has 2 heteroatoms. The summed E-state index contributed by atoms with van der Waals surface area (Å²) in [6, 6.07) is 7.95. The lowest BCUT2D eigenvalue weighted by Crippen LogP contribution is -2.03. The first-order valence-corrected chi connectivity index (χ1v) is 9.84. The highest BCUT2D eigenvalue weighted by Crippen LogP contribution is 2.29. The molecule has 0 radical (unpaired) electrons. The van der Waals surface area contributed by atoms with Crippen LogP contribution in [-0.2, 0) is 0 Å². The molecule has 1 aliphatic rings. The number of aromatic nitrogens is 2. The third-order valence-corrected chi connectivity index (χ3v) is 3.95. The van der Waals surface area contributed by atoms with E-state index in [9.17, 15) is 0 Å². The highest BCUT2D eigenvalue weighted by atomic mass is 14.8. The first-order chi connectivity index (χ1) is 13.2. The maximum absolute atomic E-state index is 4.87. The lowest BCUT2D eigenvalue weighted by Gasteiger charge is -2.15. The topological polar surface area (TPSA) is 25.8 Å². The summed E-state index contributed by atoms with van der Waals surface area (Å²) in [6.07, 6.45) is 13.1. The standard InChI is InChI=1S/C21H20N2.2C2H6/c1-4-8-16(5-2)20-21(17-13-11-15(3)12-14-17)23-19-10-7-6-9-18(19)22-20;2*1-2/h4-11,13-15H,1-2,12H2,3H3;2*1-2H3/b16-8+;;. The molecular formula is C25H32N2. The van der Waals surface area contributed by atoms with Crippen LogP contribution in [0.1, 0.15) is 52.4 Å². The Morgan fingerprint density at radius 3 is 2.19 bits per heavy atom. The average molecular weight is 361 g/mol. The number of hydrogen-bond donors (Lipinski definition) is 0. The van der Waals surface area contributed by atoms with Crippen molar-refractivity contribution in [3.05, 3.63) is 85.3 Å². The fourth-order valence-corrected chi connectivity index (χ4v) is 2.68. The van der Waals surface area contributed by atoms with Gasteiger partial charge < -0.3 is 0 Å². The normalized spacial score (nSPS) is 15.7. The summed E-state index contributed by atoms with van der Waals surface area (Å²) in [6.45, 7) is 17.9. The summed E-state index contributed by atoms with van der Waals surface area (Å²) in [7, 11) is 0. The number of nitrogens with zero attached hydrogens (tertiary/aromatic N) is 2. The maximum Gasteiger partial charge on any atom is 0.0972 e. The molecule has 3 rings (SSSR count). The zero-order chi connectivity index (χ0) is 20.2. The van der Waals surface area contributed by atoms with E-state index in [1.165, 1.54) is 0 Å². The van der Waals surface area contributed by atoms with Crippen LogP contribution < -0.4 is 0 Å². The van der Waals surface area contributed by atoms with Gasteiger partial charge in [0.05, 0.1) is 22.4 Å². The Labute approximate surface area is 164 Å². The quantitative estimate of drug-likeness (QED) is 0.530. The highest BCUT2D eigenvalue weighted by molar-refractivity contribution is 5.88. The summed E-state index contributed by atoms with van der Waals surface area (Å²) in [4.78, 5) is 9.70. The second-order valence-corrected chi connectivity index (χ2v) is 5.70. The Balaban J connectivity index is 0.000000855. The van der Waals surface area contributed by atoms with Crippen LogP contribution in [-0.4, -0.2) is 9.97 Å². The van der Waals surface area contributed by atoms with Gasteiger partial charge in [-0.3, -0.25) is 0 Å². The molecule has 0 spiro atoms. The molecule has 1 aliphatic carbocycles. The van der Waals surface area contributed by atoms with E-state index in [0.29, 0.717) is 5.92 Å². The van der Waals surface area contributed by atoms with E-state index in [2.05, 4.69) is 38.3 Å². The Hall–Kier alpha value is -2.74. The van der Waals surface area contributed by atoms with Crippen LogP contribution in [0.25, 0.3) is 22.2 Å². The zero-order valence-corrected chi connectivity index (χ0v) is 17.4. The molecule has 1 heterocycles. The van der Waals surface area contributed by atoms with Crippen LogP contribution in [0.15, 0.2) is 73.9 Å². The lowest BCUT2D eigenvalue weighted by atomic mass is 9.94. The predicted octanol–water partition coefficient (Wildman–Crippen LogP) is 7.42. The molecule has 142 valence electrons. The van der Waals surface area contributed by atoms with Crippen molar-refractivity contribution in [1.29, 1.82) is 0 Å². The first-order valence-electron chi connectivity index (χ1n) is 9.84. The van der Waals surface area contributed by atoms with E-state index < -0.39 is 0 Å². The molecule has 1 atom stereocenters. The third kappa shape index (κ3) is 5.62. The summed E-state index contributed by atoms with van der Waals surface area (Å²) in [5.74, 6) is 0.568. The molecule has 0 N–H and O–H groups in total. The molecule has 0 amide bonds. The molecule has 1 aromatic heterocycles. The van der Waals surface area contributed by atoms with Crippen molar-refractivity contribution >= 4 is 22.2 Å². The number of fused-ring (bicyclic) bond motifs is 1. The van der Waals surface area contributed by atoms with Crippen molar-refractivity contribution < 1.29 is 0 Å². The van der Waals surface area contributed by atoms with Crippen molar-refractivity contribution in [2.75, 3.05) is 0 Å². The van der Waals surface area contributed by atoms with Gasteiger partial charge in [0.2, 0.25) is 0 Å². The Bertz CT molecular complexity index is 854. The zero-order valence-electron chi connectivity index (χ0n) is 17.4. The van der Waals surface area contributed by atoms with Gasteiger partial charge in [-0.15, -0.1) is 0 Å². The highest BCUT2D eigenvalue weighted by Gasteiger charge is 2.15. The first kappa shape index (κ1) is 22.3. The molecular weight excluding hydrogens is 328 g/mol. The monoisotopic (exact) mass is 360 g/mol. The van der Waals surface area contributed by atoms with Gasteiger partial charge in [-0.2, -0.15) is 0 Å². The number of benzene rings is 1. The number of para-hydroxylation sites is 2. The minimum atomic E-state index is 0.568. The minimum Gasteiger partial charge on any atom is -0.244 e. The summed E-state index contributed by atoms with van der Waals surface area (Å²) < 4.78 is 0. The third-order valence-electron chi connectivity index (χ3n) is 3.95. The van der Waals surface area contributed by atoms with Crippen LogP contribution in [0.3, 0.4) is 0 Å². The van der Waals surface area contributed by atoms with E-state index >= 15 is 0 Å². The van der Waals surface area contributed by atoms with Gasteiger partial charge in [-0.05, 0) is 30.0 Å². The van der Waals surface area contributed by atoms with Gasteiger partial charge in [0.15, 0.2) is 0 Å². The van der Waals surface area contributed by atoms with Gasteiger partial charge in [0.1, 0.15) is 0 Å². The van der Waals surface area contributed by atoms with E-state index in [-0.39, 0.29) is 0 Å². The molecule has 1 aromatic carbocycles. The molecule has 1 unspecified atom stereocenters. The fourth-order valence-electron chi connectivity index (χ4n) is 2.68. The molecule has 0 aliphatic heterocycles.